The minimum atomic E-state index is -0.212. The summed E-state index contributed by atoms with van der Waals surface area (Å²) >= 11 is 0. The van der Waals surface area contributed by atoms with Gasteiger partial charge in [0.25, 0.3) is 0 Å². The number of piperidine rings is 1. The van der Waals surface area contributed by atoms with E-state index in [-0.39, 0.29) is 17.6 Å². The number of amides is 1. The number of rotatable bonds is 4. The average molecular weight is 290 g/mol. The second-order valence-corrected chi connectivity index (χ2v) is 5.85. The van der Waals surface area contributed by atoms with Crippen molar-refractivity contribution in [2.75, 3.05) is 13.1 Å². The van der Waals surface area contributed by atoms with E-state index in [2.05, 4.69) is 5.18 Å². The number of aryl methyl sites for hydroxylation is 1. The molecule has 5 nitrogen and oxygen atoms in total. The number of phenolic OH excluding ortho intramolecular Hbond substituents is 1. The van der Waals surface area contributed by atoms with Gasteiger partial charge in [0.2, 0.25) is 5.91 Å². The molecule has 1 aliphatic rings. The highest BCUT2D eigenvalue weighted by Crippen LogP contribution is 2.30. The van der Waals surface area contributed by atoms with Gasteiger partial charge in [0.1, 0.15) is 11.4 Å². The predicted molar refractivity (Wildman–Crippen MR) is 81.6 cm³/mol. The number of aromatic hydroxyl groups is 1. The molecule has 0 saturated carbocycles. The SMILES string of the molecule is Cc1cc(O)c(CC(C)C(=O)N2CCCCC2)cc1N=O. The Morgan fingerprint density at radius 2 is 2.00 bits per heavy atom. The first-order valence-electron chi connectivity index (χ1n) is 7.47. The molecule has 0 aliphatic carbocycles. The smallest absolute Gasteiger partial charge is 0.225 e. The van der Waals surface area contributed by atoms with Crippen LogP contribution < -0.4 is 0 Å². The number of likely N-dealkylation sites (tertiary alicyclic amines) is 1. The molecule has 0 spiro atoms. The topological polar surface area (TPSA) is 70.0 Å². The molecule has 1 fully saturated rings. The second kappa shape index (κ2) is 6.70. The van der Waals surface area contributed by atoms with Gasteiger partial charge in [-0.2, -0.15) is 0 Å². The van der Waals surface area contributed by atoms with Gasteiger partial charge >= 0.3 is 0 Å². The Bertz CT molecular complexity index is 537. The molecule has 1 N–H and O–H groups in total. The fraction of sp³-hybridized carbons (Fsp3) is 0.562. The zero-order valence-corrected chi connectivity index (χ0v) is 12.6. The molecule has 114 valence electrons. The van der Waals surface area contributed by atoms with Crippen molar-refractivity contribution in [2.24, 2.45) is 11.1 Å². The summed E-state index contributed by atoms with van der Waals surface area (Å²) in [6, 6.07) is 3.11. The molecule has 2 rings (SSSR count). The zero-order valence-electron chi connectivity index (χ0n) is 12.6. The first-order valence-corrected chi connectivity index (χ1v) is 7.47. The van der Waals surface area contributed by atoms with Gasteiger partial charge in [-0.15, -0.1) is 4.91 Å². The van der Waals surface area contributed by atoms with Gasteiger partial charge in [0.15, 0.2) is 0 Å². The molecule has 0 radical (unpaired) electrons. The number of carbonyl (C=O) groups excluding carboxylic acids is 1. The lowest BCUT2D eigenvalue weighted by atomic mass is 9.96. The van der Waals surface area contributed by atoms with E-state index in [1.165, 1.54) is 12.5 Å². The van der Waals surface area contributed by atoms with Crippen molar-refractivity contribution in [1.29, 1.82) is 0 Å². The first-order chi connectivity index (χ1) is 10.0. The molecule has 21 heavy (non-hydrogen) atoms. The van der Waals surface area contributed by atoms with Crippen molar-refractivity contribution in [3.8, 4) is 5.75 Å². The monoisotopic (exact) mass is 290 g/mol. The van der Waals surface area contributed by atoms with Crippen LogP contribution >= 0.6 is 0 Å². The van der Waals surface area contributed by atoms with Crippen molar-refractivity contribution in [3.63, 3.8) is 0 Å². The predicted octanol–water partition coefficient (Wildman–Crippen LogP) is 3.29. The highest BCUT2D eigenvalue weighted by atomic mass is 16.3. The van der Waals surface area contributed by atoms with Gasteiger partial charge in [-0.3, -0.25) is 4.79 Å². The van der Waals surface area contributed by atoms with E-state index in [1.807, 2.05) is 11.8 Å². The summed E-state index contributed by atoms with van der Waals surface area (Å²) in [5.74, 6) is 0.0321. The molecule has 1 aromatic rings. The van der Waals surface area contributed by atoms with Crippen LogP contribution in [0.15, 0.2) is 17.3 Å². The van der Waals surface area contributed by atoms with Crippen molar-refractivity contribution in [1.82, 2.24) is 4.90 Å². The summed E-state index contributed by atoms with van der Waals surface area (Å²) in [4.78, 5) is 25.0. The van der Waals surface area contributed by atoms with Gasteiger partial charge < -0.3 is 10.0 Å². The van der Waals surface area contributed by atoms with Gasteiger partial charge in [-0.25, -0.2) is 0 Å². The summed E-state index contributed by atoms with van der Waals surface area (Å²) in [7, 11) is 0. The maximum Gasteiger partial charge on any atom is 0.225 e. The van der Waals surface area contributed by atoms with Crippen molar-refractivity contribution in [3.05, 3.63) is 28.2 Å². The number of benzene rings is 1. The van der Waals surface area contributed by atoms with E-state index < -0.39 is 0 Å². The van der Waals surface area contributed by atoms with Gasteiger partial charge in [-0.1, -0.05) is 6.92 Å². The second-order valence-electron chi connectivity index (χ2n) is 5.85. The molecule has 1 aliphatic heterocycles. The Morgan fingerprint density at radius 1 is 1.33 bits per heavy atom. The minimum Gasteiger partial charge on any atom is -0.508 e. The number of nitrogens with zero attached hydrogens (tertiary/aromatic N) is 2. The Morgan fingerprint density at radius 3 is 2.62 bits per heavy atom. The highest BCUT2D eigenvalue weighted by Gasteiger charge is 2.23. The highest BCUT2D eigenvalue weighted by molar-refractivity contribution is 5.79. The summed E-state index contributed by atoms with van der Waals surface area (Å²) in [5.41, 5.74) is 1.56. The summed E-state index contributed by atoms with van der Waals surface area (Å²) in [6.07, 6.45) is 3.73. The van der Waals surface area contributed by atoms with Crippen molar-refractivity contribution >= 4 is 11.6 Å². The molecule has 0 aromatic heterocycles. The third-order valence-corrected chi connectivity index (χ3v) is 4.11. The molecule has 1 saturated heterocycles. The van der Waals surface area contributed by atoms with Crippen LogP contribution in [0.4, 0.5) is 5.69 Å². The summed E-state index contributed by atoms with van der Waals surface area (Å²) in [5, 5.41) is 12.9. The van der Waals surface area contributed by atoms with Crippen molar-refractivity contribution in [2.45, 2.75) is 39.5 Å². The molecule has 5 heteroatoms. The van der Waals surface area contributed by atoms with Crippen LogP contribution in [0.3, 0.4) is 0 Å². The number of phenols is 1. The third-order valence-electron chi connectivity index (χ3n) is 4.11. The number of hydrogen-bond donors (Lipinski definition) is 1. The van der Waals surface area contributed by atoms with Crippen LogP contribution in [0.1, 0.15) is 37.3 Å². The van der Waals surface area contributed by atoms with E-state index in [4.69, 9.17) is 0 Å². The lowest BCUT2D eigenvalue weighted by Gasteiger charge is -2.29. The maximum atomic E-state index is 12.4. The summed E-state index contributed by atoms with van der Waals surface area (Å²) < 4.78 is 0. The fourth-order valence-corrected chi connectivity index (χ4v) is 2.83. The molecule has 1 unspecified atom stereocenters. The Kier molecular flexibility index (Phi) is 4.94. The summed E-state index contributed by atoms with van der Waals surface area (Å²) in [6.45, 7) is 5.24. The first kappa shape index (κ1) is 15.5. The largest absolute Gasteiger partial charge is 0.508 e. The average Bonchev–Trinajstić information content (AvgIpc) is 2.50. The number of hydrogen-bond acceptors (Lipinski definition) is 4. The standard InChI is InChI=1S/C16H22N2O3/c1-11-9-15(19)13(10-14(11)17-21)8-12(2)16(20)18-6-4-3-5-7-18/h9-10,12,19H,3-8H2,1-2H3. The van der Waals surface area contributed by atoms with Crippen LogP contribution in [0, 0.1) is 17.7 Å². The van der Waals surface area contributed by atoms with E-state index in [0.717, 1.165) is 25.9 Å². The Hall–Kier alpha value is -1.91. The van der Waals surface area contributed by atoms with E-state index in [9.17, 15) is 14.8 Å². The van der Waals surface area contributed by atoms with E-state index in [0.29, 0.717) is 23.2 Å². The molecule has 1 amide bonds. The maximum absolute atomic E-state index is 12.4. The minimum absolute atomic E-state index is 0.121. The molecule has 1 atom stereocenters. The van der Waals surface area contributed by atoms with Crippen LogP contribution in [-0.2, 0) is 11.2 Å². The molecular formula is C16H22N2O3. The van der Waals surface area contributed by atoms with Crippen molar-refractivity contribution < 1.29 is 9.90 Å². The molecule has 1 aromatic carbocycles. The Labute approximate surface area is 124 Å². The lowest BCUT2D eigenvalue weighted by molar-refractivity contribution is -0.135. The third kappa shape index (κ3) is 3.60. The normalized spacial score (nSPS) is 16.6. The van der Waals surface area contributed by atoms with Crippen LogP contribution in [0.2, 0.25) is 0 Å². The van der Waals surface area contributed by atoms with Gasteiger partial charge in [0.05, 0.1) is 0 Å². The number of nitroso groups, excluding NO2 is 1. The zero-order chi connectivity index (χ0) is 15.4. The van der Waals surface area contributed by atoms with Crippen LogP contribution in [0.25, 0.3) is 0 Å². The lowest BCUT2D eigenvalue weighted by Crippen LogP contribution is -2.39. The van der Waals surface area contributed by atoms with Gasteiger partial charge in [-0.05, 0) is 61.0 Å². The van der Waals surface area contributed by atoms with Crippen LogP contribution in [0.5, 0.6) is 5.75 Å². The number of carbonyl (C=O) groups is 1. The molecule has 0 bridgehead atoms. The molecular weight excluding hydrogens is 268 g/mol. The van der Waals surface area contributed by atoms with Gasteiger partial charge in [0, 0.05) is 19.0 Å². The van der Waals surface area contributed by atoms with E-state index >= 15 is 0 Å². The van der Waals surface area contributed by atoms with Crippen LogP contribution in [-0.4, -0.2) is 29.0 Å². The Balaban J connectivity index is 2.09. The quantitative estimate of drug-likeness (QED) is 0.865. The fourth-order valence-electron chi connectivity index (χ4n) is 2.83. The van der Waals surface area contributed by atoms with E-state index in [1.54, 1.807) is 13.0 Å². The molecule has 1 heterocycles.